The molecule has 3 rings (SSSR count). The first kappa shape index (κ1) is 19.1. The Kier molecular flexibility index (Phi) is 5.79. The molecule has 7 heteroatoms. The normalized spacial score (nSPS) is 18.5. The number of amides is 1. The van der Waals surface area contributed by atoms with E-state index in [2.05, 4.69) is 28.2 Å². The monoisotopic (exact) mass is 436 g/mol. The maximum Gasteiger partial charge on any atom is 0.255 e. The van der Waals surface area contributed by atoms with Crippen LogP contribution in [0, 0.1) is 5.92 Å². The highest BCUT2D eigenvalue weighted by Gasteiger charge is 2.28. The molecule has 1 aliphatic rings. The number of carbonyl (C=O) groups excluding carboxylic acids is 1. The van der Waals surface area contributed by atoms with Crippen LogP contribution in [0.15, 0.2) is 57.9 Å². The highest BCUT2D eigenvalue weighted by atomic mass is 79.9. The van der Waals surface area contributed by atoms with Gasteiger partial charge in [-0.25, -0.2) is 8.42 Å². The molecular formula is C19H21BrN2O3S. The number of carbonyl (C=O) groups is 1. The van der Waals surface area contributed by atoms with Gasteiger partial charge in [-0.15, -0.1) is 0 Å². The fourth-order valence-electron chi connectivity index (χ4n) is 3.06. The van der Waals surface area contributed by atoms with Gasteiger partial charge in [0.25, 0.3) is 5.91 Å². The summed E-state index contributed by atoms with van der Waals surface area (Å²) in [4.78, 5) is 12.6. The van der Waals surface area contributed by atoms with Gasteiger partial charge in [-0.2, -0.15) is 4.31 Å². The molecule has 1 amide bonds. The lowest BCUT2D eigenvalue weighted by Crippen LogP contribution is -2.39. The molecule has 1 saturated heterocycles. The van der Waals surface area contributed by atoms with E-state index in [1.807, 2.05) is 12.1 Å². The number of sulfonamides is 1. The summed E-state index contributed by atoms with van der Waals surface area (Å²) in [7, 11) is -3.51. The molecule has 5 nitrogen and oxygen atoms in total. The summed E-state index contributed by atoms with van der Waals surface area (Å²) >= 11 is 3.36. The quantitative estimate of drug-likeness (QED) is 0.783. The third-order valence-corrected chi connectivity index (χ3v) is 6.83. The van der Waals surface area contributed by atoms with Crippen LogP contribution in [-0.2, 0) is 10.0 Å². The molecule has 0 radical (unpaired) electrons. The van der Waals surface area contributed by atoms with E-state index in [1.165, 1.54) is 16.4 Å². The molecule has 1 fully saturated rings. The van der Waals surface area contributed by atoms with Gasteiger partial charge in [0, 0.05) is 28.8 Å². The van der Waals surface area contributed by atoms with E-state index in [-0.39, 0.29) is 10.8 Å². The van der Waals surface area contributed by atoms with Crippen molar-refractivity contribution < 1.29 is 13.2 Å². The molecule has 26 heavy (non-hydrogen) atoms. The molecule has 0 aliphatic carbocycles. The van der Waals surface area contributed by atoms with E-state index < -0.39 is 10.0 Å². The SMILES string of the molecule is CC1CCCN(S(=O)(=O)c2ccc(C(=O)Nc3cccc(Br)c3)cc2)C1. The Balaban J connectivity index is 1.74. The number of hydrogen-bond acceptors (Lipinski definition) is 3. The van der Waals surface area contributed by atoms with Crippen molar-refractivity contribution in [2.24, 2.45) is 5.92 Å². The maximum absolute atomic E-state index is 12.8. The largest absolute Gasteiger partial charge is 0.322 e. The Labute approximate surface area is 162 Å². The Bertz CT molecular complexity index is 897. The molecule has 2 aromatic rings. The van der Waals surface area contributed by atoms with E-state index in [0.717, 1.165) is 17.3 Å². The first-order valence-electron chi connectivity index (χ1n) is 8.53. The molecule has 1 heterocycles. The van der Waals surface area contributed by atoms with Gasteiger partial charge in [-0.1, -0.05) is 28.9 Å². The zero-order chi connectivity index (χ0) is 18.7. The zero-order valence-corrected chi connectivity index (χ0v) is 16.9. The van der Waals surface area contributed by atoms with Gasteiger partial charge in [0.05, 0.1) is 4.90 Å². The van der Waals surface area contributed by atoms with Crippen LogP contribution in [0.5, 0.6) is 0 Å². The Morgan fingerprint density at radius 1 is 1.19 bits per heavy atom. The molecule has 1 N–H and O–H groups in total. The number of piperidine rings is 1. The van der Waals surface area contributed by atoms with Crippen molar-refractivity contribution in [3.63, 3.8) is 0 Å². The fourth-order valence-corrected chi connectivity index (χ4v) is 5.06. The zero-order valence-electron chi connectivity index (χ0n) is 14.5. The highest BCUT2D eigenvalue weighted by Crippen LogP contribution is 2.24. The lowest BCUT2D eigenvalue weighted by Gasteiger charge is -2.30. The van der Waals surface area contributed by atoms with E-state index in [9.17, 15) is 13.2 Å². The van der Waals surface area contributed by atoms with Gasteiger partial charge >= 0.3 is 0 Å². The summed E-state index contributed by atoms with van der Waals surface area (Å²) in [5.74, 6) is 0.0902. The smallest absolute Gasteiger partial charge is 0.255 e. The van der Waals surface area contributed by atoms with Gasteiger partial charge < -0.3 is 5.32 Å². The number of anilines is 1. The van der Waals surface area contributed by atoms with Gasteiger partial charge in [-0.3, -0.25) is 4.79 Å². The Morgan fingerprint density at radius 3 is 2.58 bits per heavy atom. The second-order valence-electron chi connectivity index (χ2n) is 6.60. The molecule has 138 valence electrons. The molecule has 0 bridgehead atoms. The third kappa shape index (κ3) is 4.34. The van der Waals surface area contributed by atoms with Crippen molar-refractivity contribution in [1.82, 2.24) is 4.31 Å². The van der Waals surface area contributed by atoms with Crippen molar-refractivity contribution in [3.8, 4) is 0 Å². The minimum atomic E-state index is -3.51. The number of nitrogens with one attached hydrogen (secondary N) is 1. The number of nitrogens with zero attached hydrogens (tertiary/aromatic N) is 1. The Hall–Kier alpha value is -1.70. The van der Waals surface area contributed by atoms with Crippen LogP contribution in [0.3, 0.4) is 0 Å². The van der Waals surface area contributed by atoms with Gasteiger partial charge in [-0.05, 0) is 61.2 Å². The van der Waals surface area contributed by atoms with Crippen LogP contribution in [0.25, 0.3) is 0 Å². The summed E-state index contributed by atoms with van der Waals surface area (Å²) in [5, 5.41) is 2.80. The summed E-state index contributed by atoms with van der Waals surface area (Å²) in [5.41, 5.74) is 1.08. The second-order valence-corrected chi connectivity index (χ2v) is 9.45. The average molecular weight is 437 g/mol. The van der Waals surface area contributed by atoms with Gasteiger partial charge in [0.15, 0.2) is 0 Å². The van der Waals surface area contributed by atoms with E-state index in [4.69, 9.17) is 0 Å². The van der Waals surface area contributed by atoms with Crippen molar-refractivity contribution in [2.45, 2.75) is 24.7 Å². The van der Waals surface area contributed by atoms with Gasteiger partial charge in [0.2, 0.25) is 10.0 Å². The summed E-state index contributed by atoms with van der Waals surface area (Å²) in [6.45, 7) is 3.17. The summed E-state index contributed by atoms with van der Waals surface area (Å²) < 4.78 is 27.9. The van der Waals surface area contributed by atoms with Crippen LogP contribution in [-0.4, -0.2) is 31.7 Å². The van der Waals surface area contributed by atoms with Crippen LogP contribution in [0.1, 0.15) is 30.1 Å². The highest BCUT2D eigenvalue weighted by molar-refractivity contribution is 9.10. The van der Waals surface area contributed by atoms with Crippen molar-refractivity contribution in [1.29, 1.82) is 0 Å². The van der Waals surface area contributed by atoms with Gasteiger partial charge in [0.1, 0.15) is 0 Å². The van der Waals surface area contributed by atoms with Crippen LogP contribution in [0.2, 0.25) is 0 Å². The van der Waals surface area contributed by atoms with Crippen LogP contribution < -0.4 is 5.32 Å². The number of benzene rings is 2. The third-order valence-electron chi connectivity index (χ3n) is 4.46. The standard InChI is InChI=1S/C19H21BrN2O3S/c1-14-4-3-11-22(13-14)26(24,25)18-9-7-15(8-10-18)19(23)21-17-6-2-5-16(20)12-17/h2,5-10,12,14H,3-4,11,13H2,1H3,(H,21,23). The van der Waals surface area contributed by atoms with E-state index >= 15 is 0 Å². The Morgan fingerprint density at radius 2 is 1.92 bits per heavy atom. The topological polar surface area (TPSA) is 66.5 Å². The average Bonchev–Trinajstić information content (AvgIpc) is 2.62. The number of rotatable bonds is 4. The molecule has 0 aromatic heterocycles. The van der Waals surface area contributed by atoms with Crippen molar-refractivity contribution >= 4 is 37.5 Å². The molecule has 0 spiro atoms. The van der Waals surface area contributed by atoms with Crippen molar-refractivity contribution in [3.05, 3.63) is 58.6 Å². The molecule has 1 unspecified atom stereocenters. The fraction of sp³-hybridized carbons (Fsp3) is 0.316. The summed E-state index contributed by atoms with van der Waals surface area (Å²) in [6, 6.07) is 13.4. The van der Waals surface area contributed by atoms with Crippen LogP contribution in [0.4, 0.5) is 5.69 Å². The molecule has 1 aliphatic heterocycles. The molecular weight excluding hydrogens is 416 g/mol. The minimum absolute atomic E-state index is 0.227. The first-order valence-corrected chi connectivity index (χ1v) is 10.8. The van der Waals surface area contributed by atoms with Crippen molar-refractivity contribution in [2.75, 3.05) is 18.4 Å². The van der Waals surface area contributed by atoms with E-state index in [0.29, 0.717) is 30.3 Å². The predicted molar refractivity (Wildman–Crippen MR) is 106 cm³/mol. The predicted octanol–water partition coefficient (Wildman–Crippen LogP) is 4.12. The number of halogens is 1. The maximum atomic E-state index is 12.8. The lowest BCUT2D eigenvalue weighted by atomic mass is 10.0. The van der Waals surface area contributed by atoms with Crippen LogP contribution >= 0.6 is 15.9 Å². The first-order chi connectivity index (χ1) is 12.4. The number of hydrogen-bond donors (Lipinski definition) is 1. The molecule has 2 aromatic carbocycles. The van der Waals surface area contributed by atoms with E-state index in [1.54, 1.807) is 24.3 Å². The minimum Gasteiger partial charge on any atom is -0.322 e. The molecule has 0 saturated carbocycles. The summed E-state index contributed by atoms with van der Waals surface area (Å²) in [6.07, 6.45) is 1.94. The second kappa shape index (κ2) is 7.90. The molecule has 1 atom stereocenters. The lowest BCUT2D eigenvalue weighted by molar-refractivity contribution is 0.102.